The molecule has 0 fully saturated rings. The molecule has 0 saturated heterocycles. The van der Waals surface area contributed by atoms with Gasteiger partial charge in [0.05, 0.1) is 0 Å². The summed E-state index contributed by atoms with van der Waals surface area (Å²) in [6.07, 6.45) is 3.85. The van der Waals surface area contributed by atoms with Crippen molar-refractivity contribution in [1.82, 2.24) is 10.1 Å². The molecule has 2 aromatic rings. The van der Waals surface area contributed by atoms with Gasteiger partial charge in [-0.15, -0.1) is 0 Å². The molecule has 0 unspecified atom stereocenters. The number of nitrogens with zero attached hydrogens (tertiary/aromatic N) is 2. The Morgan fingerprint density at radius 2 is 1.79 bits per heavy atom. The molecule has 0 bridgehead atoms. The van der Waals surface area contributed by atoms with E-state index >= 15 is 0 Å². The monoisotopic (exact) mass is 299 g/mol. The molecule has 102 valence electrons. The summed E-state index contributed by atoms with van der Waals surface area (Å²) in [5, 5.41) is 5.04. The predicted molar refractivity (Wildman–Crippen MR) is 76.4 cm³/mol. The van der Waals surface area contributed by atoms with Gasteiger partial charge in [0.15, 0.2) is 0 Å². The fourth-order valence-electron chi connectivity index (χ4n) is 1.75. The summed E-state index contributed by atoms with van der Waals surface area (Å²) in [5.74, 6) is 1.14. The van der Waals surface area contributed by atoms with Crippen LogP contribution in [-0.4, -0.2) is 16.7 Å². The summed E-state index contributed by atoms with van der Waals surface area (Å²) >= 11 is 11.9. The Bertz CT molecular complexity index is 522. The maximum Gasteiger partial charge on any atom is 0.226 e. The molecule has 2 N–H and O–H groups in total. The highest BCUT2D eigenvalue weighted by Gasteiger charge is 2.09. The van der Waals surface area contributed by atoms with Gasteiger partial charge in [-0.2, -0.15) is 4.98 Å². The molecule has 1 aromatic heterocycles. The second-order valence-electron chi connectivity index (χ2n) is 4.27. The highest BCUT2D eigenvalue weighted by atomic mass is 35.5. The molecule has 0 saturated carbocycles. The van der Waals surface area contributed by atoms with Crippen LogP contribution in [-0.2, 0) is 6.42 Å². The van der Waals surface area contributed by atoms with Crippen molar-refractivity contribution in [2.75, 3.05) is 6.54 Å². The van der Waals surface area contributed by atoms with Crippen molar-refractivity contribution < 1.29 is 4.52 Å². The third-order valence-electron chi connectivity index (χ3n) is 2.68. The van der Waals surface area contributed by atoms with Gasteiger partial charge in [-0.3, -0.25) is 0 Å². The molecule has 19 heavy (non-hydrogen) atoms. The molecule has 1 aromatic carbocycles. The van der Waals surface area contributed by atoms with Crippen LogP contribution >= 0.6 is 23.2 Å². The smallest absolute Gasteiger partial charge is 0.226 e. The normalized spacial score (nSPS) is 10.9. The van der Waals surface area contributed by atoms with Crippen LogP contribution in [0.5, 0.6) is 0 Å². The lowest BCUT2D eigenvalue weighted by Gasteiger charge is -1.97. The third-order valence-corrected chi connectivity index (χ3v) is 3.12. The van der Waals surface area contributed by atoms with Crippen LogP contribution in [0.1, 0.15) is 25.2 Å². The van der Waals surface area contributed by atoms with Crippen LogP contribution < -0.4 is 5.73 Å². The van der Waals surface area contributed by atoms with Crippen LogP contribution in [0, 0.1) is 0 Å². The molecule has 2 rings (SSSR count). The van der Waals surface area contributed by atoms with E-state index in [1.807, 2.05) is 0 Å². The zero-order valence-corrected chi connectivity index (χ0v) is 11.9. The molecule has 0 amide bonds. The van der Waals surface area contributed by atoms with E-state index in [-0.39, 0.29) is 0 Å². The Labute approximate surface area is 121 Å². The molecule has 0 radical (unpaired) electrons. The van der Waals surface area contributed by atoms with Crippen LogP contribution in [0.15, 0.2) is 22.7 Å². The first-order valence-electron chi connectivity index (χ1n) is 6.18. The zero-order valence-electron chi connectivity index (χ0n) is 10.4. The molecule has 1 heterocycles. The molecule has 0 spiro atoms. The van der Waals surface area contributed by atoms with Gasteiger partial charge < -0.3 is 10.3 Å². The number of halogens is 2. The Kier molecular flexibility index (Phi) is 5.19. The van der Waals surface area contributed by atoms with Crippen molar-refractivity contribution in [1.29, 1.82) is 0 Å². The Morgan fingerprint density at radius 1 is 1.05 bits per heavy atom. The lowest BCUT2D eigenvalue weighted by Crippen LogP contribution is -1.98. The van der Waals surface area contributed by atoms with Gasteiger partial charge in [0.2, 0.25) is 11.7 Å². The maximum atomic E-state index is 5.94. The Morgan fingerprint density at radius 3 is 2.47 bits per heavy atom. The Balaban J connectivity index is 2.03. The van der Waals surface area contributed by atoms with Crippen molar-refractivity contribution in [2.24, 2.45) is 5.73 Å². The van der Waals surface area contributed by atoms with Gasteiger partial charge >= 0.3 is 0 Å². The van der Waals surface area contributed by atoms with E-state index in [4.69, 9.17) is 33.5 Å². The van der Waals surface area contributed by atoms with E-state index in [2.05, 4.69) is 10.1 Å². The standard InChI is InChI=1S/C13H15Cl2N3O/c14-10-6-9(7-11(15)8-10)13-17-12(19-18-13)4-2-1-3-5-16/h6-8H,1-5,16H2. The molecular weight excluding hydrogens is 285 g/mol. The van der Waals surface area contributed by atoms with Crippen molar-refractivity contribution in [3.8, 4) is 11.4 Å². The van der Waals surface area contributed by atoms with Gasteiger partial charge in [0.25, 0.3) is 0 Å². The predicted octanol–water partition coefficient (Wildman–Crippen LogP) is 3.71. The van der Waals surface area contributed by atoms with E-state index in [1.165, 1.54) is 0 Å². The summed E-state index contributed by atoms with van der Waals surface area (Å²) < 4.78 is 5.20. The van der Waals surface area contributed by atoms with Gasteiger partial charge in [0, 0.05) is 22.0 Å². The Hall–Kier alpha value is -1.10. The van der Waals surface area contributed by atoms with E-state index in [1.54, 1.807) is 18.2 Å². The average molecular weight is 300 g/mol. The minimum absolute atomic E-state index is 0.512. The molecule has 4 nitrogen and oxygen atoms in total. The van der Waals surface area contributed by atoms with Crippen molar-refractivity contribution in [2.45, 2.75) is 25.7 Å². The second kappa shape index (κ2) is 6.89. The van der Waals surface area contributed by atoms with Crippen LogP contribution in [0.4, 0.5) is 0 Å². The van der Waals surface area contributed by atoms with Gasteiger partial charge in [0.1, 0.15) is 0 Å². The average Bonchev–Trinajstić information content (AvgIpc) is 2.82. The molecule has 0 atom stereocenters. The summed E-state index contributed by atoms with van der Waals surface area (Å²) in [5.41, 5.74) is 6.20. The minimum atomic E-state index is 0.512. The van der Waals surface area contributed by atoms with E-state index in [0.717, 1.165) is 37.8 Å². The van der Waals surface area contributed by atoms with E-state index in [0.29, 0.717) is 21.8 Å². The number of nitrogens with two attached hydrogens (primary N) is 1. The van der Waals surface area contributed by atoms with Gasteiger partial charge in [-0.05, 0) is 37.6 Å². The summed E-state index contributed by atoms with van der Waals surface area (Å²) in [7, 11) is 0. The minimum Gasteiger partial charge on any atom is -0.339 e. The summed E-state index contributed by atoms with van der Waals surface area (Å²) in [4.78, 5) is 4.33. The number of hydrogen-bond acceptors (Lipinski definition) is 4. The van der Waals surface area contributed by atoms with Crippen LogP contribution in [0.2, 0.25) is 10.0 Å². The maximum absolute atomic E-state index is 5.94. The lowest BCUT2D eigenvalue weighted by atomic mass is 10.2. The first-order chi connectivity index (χ1) is 9.19. The van der Waals surface area contributed by atoms with E-state index < -0.39 is 0 Å². The first-order valence-corrected chi connectivity index (χ1v) is 6.94. The number of aryl methyl sites for hydroxylation is 1. The summed E-state index contributed by atoms with van der Waals surface area (Å²) in [6, 6.07) is 5.19. The van der Waals surface area contributed by atoms with Crippen LogP contribution in [0.3, 0.4) is 0 Å². The fraction of sp³-hybridized carbons (Fsp3) is 0.385. The number of rotatable bonds is 6. The number of aromatic nitrogens is 2. The lowest BCUT2D eigenvalue weighted by molar-refractivity contribution is 0.374. The van der Waals surface area contributed by atoms with Gasteiger partial charge in [-0.1, -0.05) is 34.8 Å². The highest BCUT2D eigenvalue weighted by molar-refractivity contribution is 6.35. The third kappa shape index (κ3) is 4.20. The molecule has 6 heteroatoms. The van der Waals surface area contributed by atoms with E-state index in [9.17, 15) is 0 Å². The second-order valence-corrected chi connectivity index (χ2v) is 5.14. The molecule has 0 aliphatic carbocycles. The first kappa shape index (κ1) is 14.3. The topological polar surface area (TPSA) is 64.9 Å². The molecule has 0 aliphatic rings. The van der Waals surface area contributed by atoms with Crippen molar-refractivity contribution in [3.63, 3.8) is 0 Å². The number of unbranched alkanes of at least 4 members (excludes halogenated alkanes) is 2. The quantitative estimate of drug-likeness (QED) is 0.826. The highest BCUT2D eigenvalue weighted by Crippen LogP contribution is 2.25. The van der Waals surface area contributed by atoms with Gasteiger partial charge in [-0.25, -0.2) is 0 Å². The number of benzene rings is 1. The van der Waals surface area contributed by atoms with Crippen molar-refractivity contribution in [3.05, 3.63) is 34.1 Å². The molecular formula is C13H15Cl2N3O. The fourth-order valence-corrected chi connectivity index (χ4v) is 2.28. The summed E-state index contributed by atoms with van der Waals surface area (Å²) in [6.45, 7) is 0.718. The van der Waals surface area contributed by atoms with Crippen LogP contribution in [0.25, 0.3) is 11.4 Å². The van der Waals surface area contributed by atoms with Crippen molar-refractivity contribution >= 4 is 23.2 Å². The zero-order chi connectivity index (χ0) is 13.7. The number of hydrogen-bond donors (Lipinski definition) is 1. The molecule has 0 aliphatic heterocycles. The SMILES string of the molecule is NCCCCCc1nc(-c2cc(Cl)cc(Cl)c2)no1. The largest absolute Gasteiger partial charge is 0.339 e.